The van der Waals surface area contributed by atoms with Crippen molar-refractivity contribution in [3.8, 4) is 5.88 Å². The molecule has 2 aromatic carbocycles. The van der Waals surface area contributed by atoms with E-state index in [-0.39, 0.29) is 12.2 Å². The first-order valence-electron chi connectivity index (χ1n) is 16.2. The topological polar surface area (TPSA) is 75.5 Å². The van der Waals surface area contributed by atoms with Crippen molar-refractivity contribution in [1.82, 2.24) is 14.8 Å². The Balaban J connectivity index is 1.48. The van der Waals surface area contributed by atoms with Gasteiger partial charge in [0.05, 0.1) is 18.0 Å². The van der Waals surface area contributed by atoms with Gasteiger partial charge in [-0.25, -0.2) is 14.5 Å². The Labute approximate surface area is 270 Å². The van der Waals surface area contributed by atoms with E-state index in [4.69, 9.17) is 14.2 Å². The second-order valence-electron chi connectivity index (χ2n) is 13.2. The molecule has 2 aliphatic rings. The molecule has 1 atom stereocenters. The van der Waals surface area contributed by atoms with Gasteiger partial charge in [0.1, 0.15) is 5.60 Å². The van der Waals surface area contributed by atoms with Crippen molar-refractivity contribution >= 4 is 34.1 Å². The maximum Gasteiger partial charge on any atom is 0.331 e. The molecular weight excluding hydrogens is 581 g/mol. The molecule has 2 aromatic heterocycles. The van der Waals surface area contributed by atoms with Gasteiger partial charge in [-0.3, -0.25) is 0 Å². The number of aryl methyl sites for hydroxylation is 1. The fraction of sp³-hybridized carbons (Fsp3) is 0.395. The van der Waals surface area contributed by atoms with Crippen molar-refractivity contribution in [3.63, 3.8) is 0 Å². The van der Waals surface area contributed by atoms with E-state index in [0.717, 1.165) is 77.4 Å². The molecule has 1 saturated heterocycles. The third kappa shape index (κ3) is 6.77. The van der Waals surface area contributed by atoms with Crippen LogP contribution in [0.3, 0.4) is 0 Å². The number of halogens is 1. The molecule has 0 amide bonds. The van der Waals surface area contributed by atoms with Gasteiger partial charge in [-0.1, -0.05) is 36.8 Å². The molecular formula is C38H42FN3O4. The van der Waals surface area contributed by atoms with Crippen molar-refractivity contribution in [2.45, 2.75) is 78.0 Å². The van der Waals surface area contributed by atoms with Gasteiger partial charge < -0.3 is 14.2 Å². The molecule has 1 aliphatic heterocycles. The summed E-state index contributed by atoms with van der Waals surface area (Å²) >= 11 is 0. The van der Waals surface area contributed by atoms with Crippen molar-refractivity contribution in [2.75, 3.05) is 13.7 Å². The maximum atomic E-state index is 15.5. The lowest BCUT2D eigenvalue weighted by Gasteiger charge is -2.32. The summed E-state index contributed by atoms with van der Waals surface area (Å²) < 4.78 is 34.1. The number of benzene rings is 2. The van der Waals surface area contributed by atoms with E-state index in [1.807, 2.05) is 57.3 Å². The molecule has 0 N–H and O–H groups in total. The number of hydrogen-bond donors (Lipinski definition) is 0. The Kier molecular flexibility index (Phi) is 9.09. The average Bonchev–Trinajstić information content (AvgIpc) is 3.34. The molecule has 6 rings (SSSR count). The van der Waals surface area contributed by atoms with E-state index in [2.05, 4.69) is 35.2 Å². The highest BCUT2D eigenvalue weighted by Gasteiger charge is 2.29. The number of rotatable bonds is 8. The Morgan fingerprint density at radius 3 is 2.41 bits per heavy atom. The Bertz CT molecular complexity index is 1790. The first-order valence-corrected chi connectivity index (χ1v) is 16.2. The molecule has 1 aliphatic carbocycles. The van der Waals surface area contributed by atoms with Crippen LogP contribution in [-0.2, 0) is 14.3 Å². The number of ether oxygens (including phenoxy) is 3. The van der Waals surface area contributed by atoms with Crippen LogP contribution in [0.4, 0.5) is 4.39 Å². The number of allylic oxidation sites excluding steroid dienone is 1. The number of aromatic nitrogens is 3. The molecule has 0 bridgehead atoms. The molecule has 0 spiro atoms. The molecule has 0 radical (unpaired) electrons. The van der Waals surface area contributed by atoms with E-state index in [0.29, 0.717) is 23.8 Å². The van der Waals surface area contributed by atoms with Gasteiger partial charge in [-0.2, -0.15) is 4.39 Å². The lowest BCUT2D eigenvalue weighted by Crippen LogP contribution is -2.22. The monoisotopic (exact) mass is 623 g/mol. The van der Waals surface area contributed by atoms with E-state index in [1.54, 1.807) is 17.9 Å². The minimum absolute atomic E-state index is 0.263. The minimum Gasteiger partial charge on any atom is -0.481 e. The number of carbonyl (C=O) groups is 1. The van der Waals surface area contributed by atoms with E-state index >= 15 is 4.39 Å². The number of fused-ring (bicyclic) bond motifs is 1. The van der Waals surface area contributed by atoms with Gasteiger partial charge in [-0.05, 0) is 117 Å². The van der Waals surface area contributed by atoms with Gasteiger partial charge in [-0.15, -0.1) is 5.10 Å². The molecule has 3 heterocycles. The lowest BCUT2D eigenvalue weighted by molar-refractivity contribution is -0.148. The Morgan fingerprint density at radius 1 is 1.02 bits per heavy atom. The normalized spacial score (nSPS) is 18.0. The zero-order chi connectivity index (χ0) is 32.4. The number of carbonyl (C=O) groups excluding carboxylic acids is 1. The number of methoxy groups -OCH3 is 1. The van der Waals surface area contributed by atoms with Crippen molar-refractivity contribution in [2.24, 2.45) is 5.92 Å². The molecule has 7 nitrogen and oxygen atoms in total. The van der Waals surface area contributed by atoms with Crippen molar-refractivity contribution in [1.29, 1.82) is 0 Å². The van der Waals surface area contributed by atoms with Gasteiger partial charge in [0.2, 0.25) is 11.8 Å². The standard InChI is InChI=1S/C38H42FN3O4/c1-24-21-32(44-5)40-23-30(24)36(26-9-8-10-26)35(27-15-12-25(13-16-27)14-19-34(43)46-38(2,3)4)28-17-18-31-29(22-28)37(39)41-42(31)33-11-6-7-20-45-33/h12-19,21-23,26,33H,6-11,20H2,1-5H3/b19-14?,36-35+. The van der Waals surface area contributed by atoms with Gasteiger partial charge in [0.15, 0.2) is 6.23 Å². The van der Waals surface area contributed by atoms with E-state index < -0.39 is 11.5 Å². The molecule has 46 heavy (non-hydrogen) atoms. The van der Waals surface area contributed by atoms with Crippen LogP contribution in [0, 0.1) is 18.8 Å². The zero-order valence-electron chi connectivity index (χ0n) is 27.3. The van der Waals surface area contributed by atoms with Crippen LogP contribution in [-0.4, -0.2) is 40.1 Å². The Morgan fingerprint density at radius 2 is 1.78 bits per heavy atom. The summed E-state index contributed by atoms with van der Waals surface area (Å²) in [5.74, 6) is 0.00849. The van der Waals surface area contributed by atoms with E-state index in [9.17, 15) is 4.79 Å². The van der Waals surface area contributed by atoms with Gasteiger partial charge in [0, 0.05) is 30.5 Å². The summed E-state index contributed by atoms with van der Waals surface area (Å²) in [5, 5.41) is 4.76. The SMILES string of the molecule is COc1cc(C)c(/C(=C(\c2ccc(C=CC(=O)OC(C)(C)C)cc2)c2ccc3c(c2)c(F)nn3C2CCCCO2)C2CCC2)cn1. The first kappa shape index (κ1) is 31.7. The van der Waals surface area contributed by atoms with E-state index in [1.165, 1.54) is 11.6 Å². The Hall–Kier alpha value is -4.30. The summed E-state index contributed by atoms with van der Waals surface area (Å²) in [6.45, 7) is 8.27. The molecule has 4 aromatic rings. The van der Waals surface area contributed by atoms with Crippen molar-refractivity contribution in [3.05, 3.63) is 94.6 Å². The van der Waals surface area contributed by atoms with Gasteiger partial charge >= 0.3 is 5.97 Å². The van der Waals surface area contributed by atoms with Gasteiger partial charge in [0.25, 0.3) is 0 Å². The van der Waals surface area contributed by atoms with Crippen LogP contribution < -0.4 is 4.74 Å². The quantitative estimate of drug-likeness (QED) is 0.144. The highest BCUT2D eigenvalue weighted by molar-refractivity contribution is 6.02. The number of hydrogen-bond acceptors (Lipinski definition) is 6. The third-order valence-corrected chi connectivity index (χ3v) is 8.76. The third-order valence-electron chi connectivity index (χ3n) is 8.76. The lowest BCUT2D eigenvalue weighted by atomic mass is 9.72. The van der Waals surface area contributed by atoms with Crippen molar-refractivity contribution < 1.29 is 23.4 Å². The second kappa shape index (κ2) is 13.2. The number of nitrogens with zero attached hydrogens (tertiary/aromatic N) is 3. The summed E-state index contributed by atoms with van der Waals surface area (Å²) in [5.41, 5.74) is 7.29. The molecule has 1 unspecified atom stereocenters. The molecule has 8 heteroatoms. The number of esters is 1. The zero-order valence-corrected chi connectivity index (χ0v) is 27.3. The van der Waals surface area contributed by atoms with Crippen LogP contribution in [0.25, 0.3) is 28.1 Å². The first-order chi connectivity index (χ1) is 22.1. The van der Waals surface area contributed by atoms with Crippen LogP contribution in [0.15, 0.2) is 60.8 Å². The fourth-order valence-corrected chi connectivity index (χ4v) is 6.31. The molecule has 1 saturated carbocycles. The fourth-order valence-electron chi connectivity index (χ4n) is 6.31. The smallest absolute Gasteiger partial charge is 0.331 e. The summed E-state index contributed by atoms with van der Waals surface area (Å²) in [7, 11) is 1.62. The highest BCUT2D eigenvalue weighted by atomic mass is 19.1. The molecule has 2 fully saturated rings. The maximum absolute atomic E-state index is 15.5. The largest absolute Gasteiger partial charge is 0.481 e. The number of pyridine rings is 1. The van der Waals surface area contributed by atoms with Crippen LogP contribution in [0.2, 0.25) is 0 Å². The predicted octanol–water partition coefficient (Wildman–Crippen LogP) is 8.70. The molecule has 240 valence electrons. The second-order valence-corrected chi connectivity index (χ2v) is 13.2. The average molecular weight is 624 g/mol. The van der Waals surface area contributed by atoms with Crippen LogP contribution in [0.5, 0.6) is 5.88 Å². The van der Waals surface area contributed by atoms with Crippen LogP contribution >= 0.6 is 0 Å². The predicted molar refractivity (Wildman–Crippen MR) is 179 cm³/mol. The summed E-state index contributed by atoms with van der Waals surface area (Å²) in [6.07, 6.45) is 11.0. The highest BCUT2D eigenvalue weighted by Crippen LogP contribution is 2.46. The van der Waals surface area contributed by atoms with Crippen LogP contribution in [0.1, 0.15) is 93.3 Å². The minimum atomic E-state index is -0.558. The summed E-state index contributed by atoms with van der Waals surface area (Å²) in [4.78, 5) is 16.9. The summed E-state index contributed by atoms with van der Waals surface area (Å²) in [6, 6.07) is 16.0.